The summed E-state index contributed by atoms with van der Waals surface area (Å²) in [5.41, 5.74) is 1.30. The van der Waals surface area contributed by atoms with E-state index in [0.717, 1.165) is 23.6 Å². The number of rotatable bonds is 0. The van der Waals surface area contributed by atoms with Gasteiger partial charge in [0.25, 0.3) is 0 Å². The molecule has 1 radical (unpaired) electrons. The molecule has 0 spiro atoms. The fourth-order valence-electron chi connectivity index (χ4n) is 1.57. The molecule has 0 atom stereocenters. The van der Waals surface area contributed by atoms with Crippen molar-refractivity contribution < 1.29 is 13.2 Å². The number of halogens is 3. The average Bonchev–Trinajstić information content (AvgIpc) is 2.47. The summed E-state index contributed by atoms with van der Waals surface area (Å²) >= 11 is 0. The lowest BCUT2D eigenvalue weighted by molar-refractivity contribution is -0.137. The van der Waals surface area contributed by atoms with E-state index in [-0.39, 0.29) is 0 Å². The second kappa shape index (κ2) is 2.76. The van der Waals surface area contributed by atoms with Crippen LogP contribution in [-0.2, 0) is 19.0 Å². The Morgan fingerprint density at radius 2 is 1.69 bits per heavy atom. The fourth-order valence-corrected chi connectivity index (χ4v) is 1.57. The van der Waals surface area contributed by atoms with Crippen LogP contribution in [0.1, 0.15) is 16.7 Å². The molecule has 0 aromatic heterocycles. The minimum Gasteiger partial charge on any atom is -0.166 e. The van der Waals surface area contributed by atoms with Gasteiger partial charge in [0.1, 0.15) is 0 Å². The van der Waals surface area contributed by atoms with Crippen LogP contribution in [0.5, 0.6) is 0 Å². The molecule has 1 aromatic carbocycles. The Morgan fingerprint density at radius 1 is 1.00 bits per heavy atom. The molecule has 0 saturated heterocycles. The van der Waals surface area contributed by atoms with Gasteiger partial charge in [-0.3, -0.25) is 0 Å². The minimum atomic E-state index is -4.21. The van der Waals surface area contributed by atoms with Crippen molar-refractivity contribution >= 4 is 0 Å². The van der Waals surface area contributed by atoms with Crippen molar-refractivity contribution in [2.75, 3.05) is 0 Å². The first-order valence-electron chi connectivity index (χ1n) is 4.08. The molecule has 3 heteroatoms. The lowest BCUT2D eigenvalue weighted by Crippen LogP contribution is -2.05. The second-order valence-electron chi connectivity index (χ2n) is 3.18. The molecule has 0 bridgehead atoms. The molecule has 0 saturated carbocycles. The van der Waals surface area contributed by atoms with Crippen molar-refractivity contribution in [3.63, 3.8) is 0 Å². The van der Waals surface area contributed by atoms with Gasteiger partial charge in [-0.15, -0.1) is 0 Å². The van der Waals surface area contributed by atoms with E-state index in [4.69, 9.17) is 0 Å². The van der Waals surface area contributed by atoms with Crippen molar-refractivity contribution in [1.29, 1.82) is 0 Å². The molecular weight excluding hydrogens is 177 g/mol. The first kappa shape index (κ1) is 8.60. The van der Waals surface area contributed by atoms with E-state index in [1.54, 1.807) is 6.07 Å². The molecule has 0 nitrogen and oxygen atoms in total. The Morgan fingerprint density at radius 3 is 2.38 bits per heavy atom. The Labute approximate surface area is 74.4 Å². The van der Waals surface area contributed by atoms with Crippen LogP contribution in [0.3, 0.4) is 0 Å². The summed E-state index contributed by atoms with van der Waals surface area (Å²) in [6.07, 6.45) is -0.755. The van der Waals surface area contributed by atoms with Gasteiger partial charge in [0.05, 0.1) is 5.56 Å². The van der Waals surface area contributed by atoms with Gasteiger partial charge in [-0.1, -0.05) is 6.07 Å². The first-order valence-corrected chi connectivity index (χ1v) is 4.08. The predicted octanol–water partition coefficient (Wildman–Crippen LogP) is 3.01. The van der Waals surface area contributed by atoms with Crippen molar-refractivity contribution in [3.05, 3.63) is 41.3 Å². The molecular formula is C10H8F3. The molecule has 1 aliphatic rings. The number of benzene rings is 1. The van der Waals surface area contributed by atoms with E-state index in [2.05, 4.69) is 0 Å². The maximum atomic E-state index is 12.2. The zero-order chi connectivity index (χ0) is 9.47. The van der Waals surface area contributed by atoms with Gasteiger partial charge >= 0.3 is 6.18 Å². The van der Waals surface area contributed by atoms with E-state index in [1.165, 1.54) is 6.07 Å². The molecule has 13 heavy (non-hydrogen) atoms. The zero-order valence-corrected chi connectivity index (χ0v) is 6.86. The Balaban J connectivity index is 2.42. The number of alkyl halides is 3. The predicted molar refractivity (Wildman–Crippen MR) is 43.2 cm³/mol. The van der Waals surface area contributed by atoms with Crippen LogP contribution in [0.15, 0.2) is 18.2 Å². The highest BCUT2D eigenvalue weighted by Crippen LogP contribution is 2.32. The third kappa shape index (κ3) is 1.55. The average molecular weight is 185 g/mol. The molecule has 0 fully saturated rings. The van der Waals surface area contributed by atoms with Crippen LogP contribution in [0.4, 0.5) is 13.2 Å². The zero-order valence-electron chi connectivity index (χ0n) is 6.86. The molecule has 0 amide bonds. The summed E-state index contributed by atoms with van der Waals surface area (Å²) in [7, 11) is 0. The summed E-state index contributed by atoms with van der Waals surface area (Å²) in [5.74, 6) is 0. The number of fused-ring (bicyclic) bond motifs is 1. The normalized spacial score (nSPS) is 15.9. The molecule has 1 aromatic rings. The third-order valence-corrected chi connectivity index (χ3v) is 2.26. The molecule has 1 aliphatic carbocycles. The highest BCUT2D eigenvalue weighted by Gasteiger charge is 2.31. The minimum absolute atomic E-state index is 0.540. The molecule has 69 valence electrons. The van der Waals surface area contributed by atoms with E-state index < -0.39 is 11.7 Å². The smallest absolute Gasteiger partial charge is 0.166 e. The van der Waals surface area contributed by atoms with Crippen LogP contribution >= 0.6 is 0 Å². The van der Waals surface area contributed by atoms with Gasteiger partial charge < -0.3 is 0 Å². The van der Waals surface area contributed by atoms with E-state index >= 15 is 0 Å². The van der Waals surface area contributed by atoms with Crippen LogP contribution in [0.2, 0.25) is 0 Å². The van der Waals surface area contributed by atoms with Gasteiger partial charge in [0.2, 0.25) is 0 Å². The number of hydrogen-bond donors (Lipinski definition) is 0. The van der Waals surface area contributed by atoms with Crippen molar-refractivity contribution in [2.24, 2.45) is 0 Å². The monoisotopic (exact) mass is 185 g/mol. The SMILES string of the molecule is FC(F)(F)c1ccc2c(c1)C[CH]C2. The third-order valence-electron chi connectivity index (χ3n) is 2.26. The molecule has 0 aliphatic heterocycles. The van der Waals surface area contributed by atoms with Gasteiger partial charge in [0, 0.05) is 0 Å². The van der Waals surface area contributed by atoms with Crippen molar-refractivity contribution in [3.8, 4) is 0 Å². The highest BCUT2D eigenvalue weighted by atomic mass is 19.4. The molecule has 0 N–H and O–H groups in total. The lowest BCUT2D eigenvalue weighted by Gasteiger charge is -2.08. The summed E-state index contributed by atoms with van der Waals surface area (Å²) in [6, 6.07) is 3.97. The number of hydrogen-bond acceptors (Lipinski definition) is 0. The van der Waals surface area contributed by atoms with E-state index in [1.807, 2.05) is 6.42 Å². The maximum Gasteiger partial charge on any atom is 0.416 e. The van der Waals surface area contributed by atoms with Gasteiger partial charge in [0.15, 0.2) is 0 Å². The summed E-state index contributed by atoms with van der Waals surface area (Å²) in [4.78, 5) is 0. The molecule has 0 unspecified atom stereocenters. The molecule has 2 rings (SSSR count). The fraction of sp³-hybridized carbons (Fsp3) is 0.300. The lowest BCUT2D eigenvalue weighted by atomic mass is 10.1. The van der Waals surface area contributed by atoms with Crippen LogP contribution in [0, 0.1) is 6.42 Å². The summed E-state index contributed by atoms with van der Waals surface area (Å²) in [5, 5.41) is 0. The topological polar surface area (TPSA) is 0 Å². The van der Waals surface area contributed by atoms with E-state index in [9.17, 15) is 13.2 Å². The Bertz CT molecular complexity index is 325. The van der Waals surface area contributed by atoms with Crippen molar-refractivity contribution in [1.82, 2.24) is 0 Å². The summed E-state index contributed by atoms with van der Waals surface area (Å²) < 4.78 is 36.7. The molecule has 0 heterocycles. The highest BCUT2D eigenvalue weighted by molar-refractivity contribution is 5.38. The van der Waals surface area contributed by atoms with Gasteiger partial charge in [-0.2, -0.15) is 13.2 Å². The van der Waals surface area contributed by atoms with Crippen LogP contribution in [0.25, 0.3) is 0 Å². The largest absolute Gasteiger partial charge is 0.416 e. The summed E-state index contributed by atoms with van der Waals surface area (Å²) in [6.45, 7) is 0. The maximum absolute atomic E-state index is 12.2. The first-order chi connectivity index (χ1) is 6.07. The van der Waals surface area contributed by atoms with E-state index in [0.29, 0.717) is 6.42 Å². The van der Waals surface area contributed by atoms with Crippen LogP contribution in [-0.4, -0.2) is 0 Å². The van der Waals surface area contributed by atoms with Crippen molar-refractivity contribution in [2.45, 2.75) is 19.0 Å². The standard InChI is InChI=1S/C10H8F3/c11-10(12,13)9-5-4-7-2-1-3-8(7)6-9/h1,4-6H,2-3H2. The Hall–Kier alpha value is -0.990. The van der Waals surface area contributed by atoms with Crippen LogP contribution < -0.4 is 0 Å². The Kier molecular flexibility index (Phi) is 1.82. The second-order valence-corrected chi connectivity index (χ2v) is 3.18. The van der Waals surface area contributed by atoms with Gasteiger partial charge in [-0.05, 0) is 42.5 Å². The van der Waals surface area contributed by atoms with Gasteiger partial charge in [-0.25, -0.2) is 0 Å². The quantitative estimate of drug-likeness (QED) is 0.582.